The predicted octanol–water partition coefficient (Wildman–Crippen LogP) is 2.67. The molecule has 0 amide bonds. The van der Waals surface area contributed by atoms with Crippen molar-refractivity contribution in [3.05, 3.63) is 44.6 Å². The lowest BCUT2D eigenvalue weighted by Gasteiger charge is -2.03. The standard InChI is InChI=1S/C9H5Cl2NO4/c10-6-3-5(1-2-12(15)16)8(13)7(4-6)9(11)14/h1-4,13H/b2-1+. The van der Waals surface area contributed by atoms with E-state index in [-0.39, 0.29) is 16.1 Å². The molecule has 0 unspecified atom stereocenters. The first-order chi connectivity index (χ1) is 7.41. The number of rotatable bonds is 3. The van der Waals surface area contributed by atoms with Crippen LogP contribution in [0.25, 0.3) is 6.08 Å². The van der Waals surface area contributed by atoms with E-state index in [1.54, 1.807) is 0 Å². The maximum atomic E-state index is 10.9. The van der Waals surface area contributed by atoms with Gasteiger partial charge < -0.3 is 5.11 Å². The fourth-order valence-corrected chi connectivity index (χ4v) is 1.41. The Morgan fingerprint density at radius 2 is 2.12 bits per heavy atom. The molecule has 16 heavy (non-hydrogen) atoms. The van der Waals surface area contributed by atoms with Crippen LogP contribution in [0.1, 0.15) is 15.9 Å². The van der Waals surface area contributed by atoms with E-state index in [2.05, 4.69) is 0 Å². The van der Waals surface area contributed by atoms with Crippen LogP contribution in [0.3, 0.4) is 0 Å². The van der Waals surface area contributed by atoms with Crippen molar-refractivity contribution in [2.45, 2.75) is 0 Å². The third kappa shape index (κ3) is 2.95. The fourth-order valence-electron chi connectivity index (χ4n) is 1.04. The number of hydrogen-bond acceptors (Lipinski definition) is 4. The molecule has 0 bridgehead atoms. The normalized spacial score (nSPS) is 10.6. The van der Waals surface area contributed by atoms with Gasteiger partial charge in [-0.05, 0) is 23.7 Å². The summed E-state index contributed by atoms with van der Waals surface area (Å²) in [5.41, 5.74) is -0.148. The highest BCUT2D eigenvalue weighted by Gasteiger charge is 2.13. The largest absolute Gasteiger partial charge is 0.507 e. The molecule has 1 aromatic carbocycles. The van der Waals surface area contributed by atoms with Crippen LogP contribution in [0.4, 0.5) is 0 Å². The van der Waals surface area contributed by atoms with Gasteiger partial charge in [0, 0.05) is 16.7 Å². The van der Waals surface area contributed by atoms with Crippen LogP contribution in [0.15, 0.2) is 18.3 Å². The Kier molecular flexibility index (Phi) is 3.87. The van der Waals surface area contributed by atoms with Crippen LogP contribution in [0.5, 0.6) is 5.75 Å². The van der Waals surface area contributed by atoms with Crippen LogP contribution in [0.2, 0.25) is 5.02 Å². The van der Waals surface area contributed by atoms with Gasteiger partial charge in [-0.1, -0.05) is 11.6 Å². The first kappa shape index (κ1) is 12.5. The summed E-state index contributed by atoms with van der Waals surface area (Å²) < 4.78 is 0. The van der Waals surface area contributed by atoms with E-state index in [0.717, 1.165) is 6.08 Å². The van der Waals surface area contributed by atoms with Crippen molar-refractivity contribution in [1.29, 1.82) is 0 Å². The van der Waals surface area contributed by atoms with Crippen LogP contribution >= 0.6 is 23.2 Å². The number of aromatic hydroxyl groups is 1. The second kappa shape index (κ2) is 4.96. The van der Waals surface area contributed by atoms with Gasteiger partial charge in [-0.2, -0.15) is 0 Å². The van der Waals surface area contributed by atoms with E-state index >= 15 is 0 Å². The molecule has 0 aliphatic carbocycles. The molecule has 0 radical (unpaired) electrons. The third-order valence-corrected chi connectivity index (χ3v) is 2.11. The first-order valence-electron chi connectivity index (χ1n) is 3.96. The highest BCUT2D eigenvalue weighted by molar-refractivity contribution is 6.68. The number of benzene rings is 1. The number of carbonyl (C=O) groups is 1. The van der Waals surface area contributed by atoms with Gasteiger partial charge >= 0.3 is 0 Å². The first-order valence-corrected chi connectivity index (χ1v) is 4.71. The molecule has 0 heterocycles. The molecule has 0 saturated carbocycles. The molecular weight excluding hydrogens is 257 g/mol. The SMILES string of the molecule is O=C(Cl)c1cc(Cl)cc(/C=C/[N+](=O)[O-])c1O. The van der Waals surface area contributed by atoms with Gasteiger partial charge in [-0.3, -0.25) is 14.9 Å². The number of nitrogens with zero attached hydrogens (tertiary/aromatic N) is 1. The smallest absolute Gasteiger partial charge is 0.256 e. The highest BCUT2D eigenvalue weighted by atomic mass is 35.5. The van der Waals surface area contributed by atoms with Gasteiger partial charge in [-0.15, -0.1) is 0 Å². The summed E-state index contributed by atoms with van der Waals surface area (Å²) >= 11 is 10.9. The lowest BCUT2D eigenvalue weighted by atomic mass is 10.1. The van der Waals surface area contributed by atoms with Gasteiger partial charge in [0.25, 0.3) is 5.24 Å². The van der Waals surface area contributed by atoms with Crippen LogP contribution in [0, 0.1) is 10.1 Å². The number of carbonyl (C=O) groups excluding carboxylic acids is 1. The van der Waals surface area contributed by atoms with E-state index in [0.29, 0.717) is 6.20 Å². The van der Waals surface area contributed by atoms with Gasteiger partial charge in [0.1, 0.15) is 5.75 Å². The lowest BCUT2D eigenvalue weighted by Crippen LogP contribution is -1.92. The molecule has 0 aliphatic heterocycles. The molecule has 84 valence electrons. The maximum absolute atomic E-state index is 10.9. The van der Waals surface area contributed by atoms with E-state index in [9.17, 15) is 20.0 Å². The Hall–Kier alpha value is -1.59. The van der Waals surface area contributed by atoms with Gasteiger partial charge in [0.15, 0.2) is 0 Å². The number of phenolic OH excluding ortho intramolecular Hbond substituents is 1. The molecule has 1 aromatic rings. The molecule has 7 heteroatoms. The van der Waals surface area contributed by atoms with Crippen LogP contribution in [-0.4, -0.2) is 15.3 Å². The fraction of sp³-hybridized carbons (Fsp3) is 0. The van der Waals surface area contributed by atoms with Gasteiger partial charge in [0.05, 0.1) is 10.5 Å². The second-order valence-corrected chi connectivity index (χ2v) is 3.55. The molecule has 5 nitrogen and oxygen atoms in total. The quantitative estimate of drug-likeness (QED) is 0.515. The Balaban J connectivity index is 3.29. The molecule has 0 fully saturated rings. The van der Waals surface area contributed by atoms with Crippen molar-refractivity contribution in [1.82, 2.24) is 0 Å². The van der Waals surface area contributed by atoms with E-state index < -0.39 is 15.9 Å². The number of phenols is 1. The number of halogens is 2. The average Bonchev–Trinajstić information content (AvgIpc) is 2.18. The van der Waals surface area contributed by atoms with Crippen molar-refractivity contribution in [2.75, 3.05) is 0 Å². The molecule has 0 aromatic heterocycles. The third-order valence-electron chi connectivity index (χ3n) is 1.69. The maximum Gasteiger partial charge on any atom is 0.256 e. The summed E-state index contributed by atoms with van der Waals surface area (Å²) in [6.07, 6.45) is 1.64. The van der Waals surface area contributed by atoms with Gasteiger partial charge in [0.2, 0.25) is 6.20 Å². The van der Waals surface area contributed by atoms with Crippen LogP contribution < -0.4 is 0 Å². The van der Waals surface area contributed by atoms with Crippen molar-refractivity contribution in [3.63, 3.8) is 0 Å². The minimum absolute atomic E-state index is 0.0493. The van der Waals surface area contributed by atoms with Crippen molar-refractivity contribution in [3.8, 4) is 5.75 Å². The zero-order valence-electron chi connectivity index (χ0n) is 7.68. The van der Waals surface area contributed by atoms with E-state index in [1.807, 2.05) is 0 Å². The predicted molar refractivity (Wildman–Crippen MR) is 59.3 cm³/mol. The zero-order valence-corrected chi connectivity index (χ0v) is 9.20. The summed E-state index contributed by atoms with van der Waals surface area (Å²) in [7, 11) is 0. The lowest BCUT2D eigenvalue weighted by molar-refractivity contribution is -0.400. The molecule has 1 rings (SSSR count). The molecule has 1 N–H and O–H groups in total. The summed E-state index contributed by atoms with van der Waals surface area (Å²) in [6.45, 7) is 0. The summed E-state index contributed by atoms with van der Waals surface area (Å²) in [5.74, 6) is -0.442. The monoisotopic (exact) mass is 261 g/mol. The summed E-state index contributed by atoms with van der Waals surface area (Å²) in [4.78, 5) is 20.3. The Labute approximate surface area is 100 Å². The van der Waals surface area contributed by atoms with Crippen molar-refractivity contribution < 1.29 is 14.8 Å². The van der Waals surface area contributed by atoms with Crippen molar-refractivity contribution >= 4 is 34.5 Å². The minimum atomic E-state index is -0.893. The van der Waals surface area contributed by atoms with E-state index in [1.165, 1.54) is 12.1 Å². The van der Waals surface area contributed by atoms with Crippen LogP contribution in [-0.2, 0) is 0 Å². The molecule has 0 atom stereocenters. The molecular formula is C9H5Cl2NO4. The minimum Gasteiger partial charge on any atom is -0.507 e. The molecule has 0 aliphatic rings. The molecule has 0 saturated heterocycles. The van der Waals surface area contributed by atoms with Gasteiger partial charge in [-0.25, -0.2) is 0 Å². The highest BCUT2D eigenvalue weighted by Crippen LogP contribution is 2.29. The average molecular weight is 262 g/mol. The Bertz CT molecular complexity index is 485. The summed E-state index contributed by atoms with van der Waals surface area (Å²) in [5, 5.41) is 18.9. The second-order valence-electron chi connectivity index (χ2n) is 2.77. The zero-order chi connectivity index (χ0) is 12.3. The summed E-state index contributed by atoms with van der Waals surface area (Å²) in [6, 6.07) is 2.45. The number of hydrogen-bond donors (Lipinski definition) is 1. The Morgan fingerprint density at radius 1 is 1.50 bits per heavy atom. The topological polar surface area (TPSA) is 80.4 Å². The number of nitro groups is 1. The molecule has 0 spiro atoms. The van der Waals surface area contributed by atoms with E-state index in [4.69, 9.17) is 23.2 Å². The Morgan fingerprint density at radius 3 is 2.62 bits per heavy atom. The van der Waals surface area contributed by atoms with Crippen molar-refractivity contribution in [2.24, 2.45) is 0 Å².